The average molecular weight is 505 g/mol. The van der Waals surface area contributed by atoms with Crippen LogP contribution >= 0.6 is 11.3 Å². The van der Waals surface area contributed by atoms with E-state index in [0.29, 0.717) is 16.1 Å². The number of nitrogens with one attached hydrogen (secondary N) is 1. The molecule has 1 fully saturated rings. The van der Waals surface area contributed by atoms with Gasteiger partial charge in [-0.05, 0) is 62.1 Å². The number of sulfonamides is 1. The van der Waals surface area contributed by atoms with Crippen molar-refractivity contribution in [1.82, 2.24) is 14.1 Å². The van der Waals surface area contributed by atoms with E-state index in [1.807, 2.05) is 4.90 Å². The van der Waals surface area contributed by atoms with Gasteiger partial charge >= 0.3 is 0 Å². The Hall–Kier alpha value is -2.27. The summed E-state index contributed by atoms with van der Waals surface area (Å²) in [6, 6.07) is 5.87. The van der Waals surface area contributed by atoms with Gasteiger partial charge in [0.2, 0.25) is 10.0 Å². The molecule has 3 heterocycles. The third-order valence-electron chi connectivity index (χ3n) is 6.56. The van der Waals surface area contributed by atoms with E-state index in [0.717, 1.165) is 73.2 Å². The number of likely N-dealkylation sites (N-methyl/N-ethyl adjacent to an activating group) is 1. The smallest absolute Gasteiger partial charge is 0.257 e. The van der Waals surface area contributed by atoms with Crippen LogP contribution in [0.1, 0.15) is 57.3 Å². The summed E-state index contributed by atoms with van der Waals surface area (Å²) in [7, 11) is -0.635. The zero-order valence-corrected chi connectivity index (χ0v) is 21.6. The summed E-state index contributed by atoms with van der Waals surface area (Å²) in [6.45, 7) is 6.25. The van der Waals surface area contributed by atoms with E-state index in [1.165, 1.54) is 49.7 Å². The molecule has 2 aromatic rings. The normalized spacial score (nSPS) is 17.0. The maximum atomic E-state index is 13.5. The third kappa shape index (κ3) is 4.91. The van der Waals surface area contributed by atoms with Gasteiger partial charge in [-0.1, -0.05) is 6.92 Å². The molecule has 2 aliphatic rings. The van der Waals surface area contributed by atoms with Crippen molar-refractivity contribution in [2.75, 3.05) is 45.6 Å². The minimum absolute atomic E-state index is 0.00451. The molecule has 10 heteroatoms. The Morgan fingerprint density at radius 2 is 1.74 bits per heavy atom. The Labute approximate surface area is 205 Å². The molecular weight excluding hydrogens is 472 g/mol. The maximum Gasteiger partial charge on any atom is 0.257 e. The Kier molecular flexibility index (Phi) is 7.42. The lowest BCUT2D eigenvalue weighted by molar-refractivity contribution is 0.0724. The van der Waals surface area contributed by atoms with Gasteiger partial charge in [0.1, 0.15) is 5.00 Å². The minimum Gasteiger partial charge on any atom is -0.339 e. The van der Waals surface area contributed by atoms with Crippen LogP contribution in [0.3, 0.4) is 0 Å². The summed E-state index contributed by atoms with van der Waals surface area (Å²) >= 11 is 1.48. The van der Waals surface area contributed by atoms with Crippen LogP contribution in [0.5, 0.6) is 0 Å². The fourth-order valence-electron chi connectivity index (χ4n) is 4.46. The maximum absolute atomic E-state index is 13.5. The van der Waals surface area contributed by atoms with Gasteiger partial charge in [0, 0.05) is 50.7 Å². The molecule has 2 aliphatic heterocycles. The van der Waals surface area contributed by atoms with Crippen molar-refractivity contribution < 1.29 is 18.0 Å². The van der Waals surface area contributed by atoms with Gasteiger partial charge < -0.3 is 10.2 Å². The van der Waals surface area contributed by atoms with Crippen LogP contribution in [0.4, 0.5) is 5.00 Å². The number of rotatable bonds is 6. The predicted molar refractivity (Wildman–Crippen MR) is 134 cm³/mol. The Balaban J connectivity index is 1.62. The summed E-state index contributed by atoms with van der Waals surface area (Å²) in [5.74, 6) is -0.350. The van der Waals surface area contributed by atoms with E-state index in [9.17, 15) is 18.0 Å². The molecule has 0 radical (unpaired) electrons. The fraction of sp³-hybridized carbons (Fsp3) is 0.500. The van der Waals surface area contributed by atoms with Crippen LogP contribution in [0.2, 0.25) is 0 Å². The van der Waals surface area contributed by atoms with Crippen LogP contribution < -0.4 is 5.32 Å². The van der Waals surface area contributed by atoms with Crippen molar-refractivity contribution in [3.05, 3.63) is 45.8 Å². The van der Waals surface area contributed by atoms with Gasteiger partial charge in [0.15, 0.2) is 0 Å². The second-order valence-electron chi connectivity index (χ2n) is 8.95. The van der Waals surface area contributed by atoms with Crippen LogP contribution in [0.15, 0.2) is 29.2 Å². The SMILES string of the molecule is CCN1CCc2c(sc(NC(=O)c3ccc(S(=O)(=O)N(C)C)cc3)c2C(=O)N2CCCCC2)C1. The summed E-state index contributed by atoms with van der Waals surface area (Å²) in [5.41, 5.74) is 2.04. The first-order valence-corrected chi connectivity index (χ1v) is 14.0. The molecule has 0 spiro atoms. The van der Waals surface area contributed by atoms with E-state index in [1.54, 1.807) is 0 Å². The van der Waals surface area contributed by atoms with Crippen LogP contribution in [-0.2, 0) is 23.0 Å². The molecular formula is C24H32N4O4S2. The van der Waals surface area contributed by atoms with Gasteiger partial charge in [-0.2, -0.15) is 0 Å². The molecule has 8 nitrogen and oxygen atoms in total. The molecule has 1 aromatic heterocycles. The number of hydrogen-bond donors (Lipinski definition) is 1. The molecule has 2 amide bonds. The van der Waals surface area contributed by atoms with Crippen LogP contribution in [0, 0.1) is 0 Å². The van der Waals surface area contributed by atoms with Gasteiger partial charge in [-0.15, -0.1) is 11.3 Å². The van der Waals surface area contributed by atoms with Gasteiger partial charge in [0.25, 0.3) is 11.8 Å². The first-order chi connectivity index (χ1) is 16.2. The first-order valence-electron chi connectivity index (χ1n) is 11.7. The van der Waals surface area contributed by atoms with Crippen molar-refractivity contribution >= 4 is 38.2 Å². The number of carbonyl (C=O) groups excluding carboxylic acids is 2. The number of anilines is 1. The number of fused-ring (bicyclic) bond motifs is 1. The zero-order chi connectivity index (χ0) is 24.5. The molecule has 1 aromatic carbocycles. The number of hydrogen-bond acceptors (Lipinski definition) is 6. The number of piperidine rings is 1. The quantitative estimate of drug-likeness (QED) is 0.652. The van der Waals surface area contributed by atoms with E-state index in [4.69, 9.17) is 0 Å². The van der Waals surface area contributed by atoms with Gasteiger partial charge in [-0.3, -0.25) is 14.5 Å². The lowest BCUT2D eigenvalue weighted by Crippen LogP contribution is -2.37. The topological polar surface area (TPSA) is 90.0 Å². The fourth-order valence-corrected chi connectivity index (χ4v) is 6.64. The number of thiophene rings is 1. The van der Waals surface area contributed by atoms with E-state index >= 15 is 0 Å². The lowest BCUT2D eigenvalue weighted by atomic mass is 10.0. The minimum atomic E-state index is -3.57. The van der Waals surface area contributed by atoms with Crippen LogP contribution in [-0.4, -0.2) is 74.6 Å². The first kappa shape index (κ1) is 24.8. The van der Waals surface area contributed by atoms with Crippen molar-refractivity contribution in [1.29, 1.82) is 0 Å². The van der Waals surface area contributed by atoms with Crippen molar-refractivity contribution in [3.63, 3.8) is 0 Å². The van der Waals surface area contributed by atoms with E-state index < -0.39 is 10.0 Å². The molecule has 0 aliphatic carbocycles. The summed E-state index contributed by atoms with van der Waals surface area (Å²) in [6.07, 6.45) is 3.94. The third-order valence-corrected chi connectivity index (χ3v) is 9.52. The molecule has 0 bridgehead atoms. The standard InChI is InChI=1S/C24H32N4O4S2/c1-4-27-15-12-19-20(16-27)33-23(21(19)24(30)28-13-6-5-7-14-28)25-22(29)17-8-10-18(11-9-17)34(31,32)26(2)3/h8-11H,4-7,12-16H2,1-3H3,(H,25,29). The Morgan fingerprint density at radius 1 is 1.06 bits per heavy atom. The van der Waals surface area contributed by atoms with E-state index in [-0.39, 0.29) is 16.7 Å². The highest BCUT2D eigenvalue weighted by Gasteiger charge is 2.31. The highest BCUT2D eigenvalue weighted by molar-refractivity contribution is 7.89. The average Bonchev–Trinajstić information content (AvgIpc) is 3.20. The molecule has 0 atom stereocenters. The van der Waals surface area contributed by atoms with Gasteiger partial charge in [-0.25, -0.2) is 12.7 Å². The van der Waals surface area contributed by atoms with Crippen molar-refractivity contribution in [2.45, 2.75) is 44.0 Å². The summed E-state index contributed by atoms with van der Waals surface area (Å²) in [4.78, 5) is 32.1. The summed E-state index contributed by atoms with van der Waals surface area (Å²) < 4.78 is 25.8. The monoisotopic (exact) mass is 504 g/mol. The van der Waals surface area contributed by atoms with E-state index in [2.05, 4.69) is 17.1 Å². The summed E-state index contributed by atoms with van der Waals surface area (Å²) in [5, 5.41) is 3.56. The van der Waals surface area contributed by atoms with Crippen molar-refractivity contribution in [2.24, 2.45) is 0 Å². The number of amides is 2. The highest BCUT2D eigenvalue weighted by atomic mass is 32.2. The van der Waals surface area contributed by atoms with Crippen LogP contribution in [0.25, 0.3) is 0 Å². The van der Waals surface area contributed by atoms with Gasteiger partial charge in [0.05, 0.1) is 10.5 Å². The zero-order valence-electron chi connectivity index (χ0n) is 20.0. The highest BCUT2D eigenvalue weighted by Crippen LogP contribution is 2.38. The molecule has 0 unspecified atom stereocenters. The molecule has 0 saturated carbocycles. The second-order valence-corrected chi connectivity index (χ2v) is 12.2. The number of likely N-dealkylation sites (tertiary alicyclic amines) is 1. The number of nitrogens with zero attached hydrogens (tertiary/aromatic N) is 3. The largest absolute Gasteiger partial charge is 0.339 e. The number of benzene rings is 1. The molecule has 184 valence electrons. The number of carbonyl (C=O) groups is 2. The molecule has 1 saturated heterocycles. The molecule has 34 heavy (non-hydrogen) atoms. The second kappa shape index (κ2) is 10.2. The predicted octanol–water partition coefficient (Wildman–Crippen LogP) is 3.25. The van der Waals surface area contributed by atoms with Crippen molar-refractivity contribution in [3.8, 4) is 0 Å². The Morgan fingerprint density at radius 3 is 2.35 bits per heavy atom. The molecule has 1 N–H and O–H groups in total. The Bertz CT molecular complexity index is 1170. The lowest BCUT2D eigenvalue weighted by Gasteiger charge is -2.29. The molecule has 4 rings (SSSR count).